The third-order valence-electron chi connectivity index (χ3n) is 1.82. The van der Waals surface area contributed by atoms with Crippen molar-refractivity contribution >= 4 is 17.2 Å². The van der Waals surface area contributed by atoms with E-state index in [-0.39, 0.29) is 5.91 Å². The number of amides is 1. The van der Waals surface area contributed by atoms with Gasteiger partial charge in [-0.2, -0.15) is 0 Å². The SMILES string of the molecule is CNC(=O)CNCc1sccc1C. The molecule has 0 spiro atoms. The smallest absolute Gasteiger partial charge is 0.233 e. The maximum Gasteiger partial charge on any atom is 0.233 e. The monoisotopic (exact) mass is 198 g/mol. The second-order valence-corrected chi connectivity index (χ2v) is 3.80. The van der Waals surface area contributed by atoms with E-state index in [2.05, 4.69) is 29.0 Å². The fourth-order valence-corrected chi connectivity index (χ4v) is 1.84. The van der Waals surface area contributed by atoms with Crippen LogP contribution in [0.4, 0.5) is 0 Å². The Morgan fingerprint density at radius 2 is 2.38 bits per heavy atom. The van der Waals surface area contributed by atoms with E-state index >= 15 is 0 Å². The number of thiophene rings is 1. The molecule has 0 bridgehead atoms. The van der Waals surface area contributed by atoms with Gasteiger partial charge in [-0.15, -0.1) is 11.3 Å². The second kappa shape index (κ2) is 4.99. The van der Waals surface area contributed by atoms with Crippen LogP contribution in [-0.4, -0.2) is 19.5 Å². The van der Waals surface area contributed by atoms with Gasteiger partial charge in [0.2, 0.25) is 5.91 Å². The summed E-state index contributed by atoms with van der Waals surface area (Å²) in [6.07, 6.45) is 0. The van der Waals surface area contributed by atoms with Crippen LogP contribution in [0.15, 0.2) is 11.4 Å². The van der Waals surface area contributed by atoms with Crippen LogP contribution in [-0.2, 0) is 11.3 Å². The van der Waals surface area contributed by atoms with Gasteiger partial charge in [-0.1, -0.05) is 0 Å². The molecule has 0 aliphatic rings. The summed E-state index contributed by atoms with van der Waals surface area (Å²) in [5.74, 6) is 0.0224. The first-order chi connectivity index (χ1) is 6.24. The first-order valence-electron chi connectivity index (χ1n) is 4.18. The van der Waals surface area contributed by atoms with E-state index in [4.69, 9.17) is 0 Å². The summed E-state index contributed by atoms with van der Waals surface area (Å²) >= 11 is 1.71. The van der Waals surface area contributed by atoms with E-state index in [1.54, 1.807) is 18.4 Å². The van der Waals surface area contributed by atoms with Crippen molar-refractivity contribution in [3.63, 3.8) is 0 Å². The molecule has 0 radical (unpaired) electrons. The summed E-state index contributed by atoms with van der Waals surface area (Å²) in [6.45, 7) is 3.23. The van der Waals surface area contributed by atoms with Gasteiger partial charge < -0.3 is 10.6 Å². The fourth-order valence-electron chi connectivity index (χ4n) is 0.963. The van der Waals surface area contributed by atoms with Crippen LogP contribution >= 0.6 is 11.3 Å². The summed E-state index contributed by atoms with van der Waals surface area (Å²) in [7, 11) is 1.64. The molecule has 13 heavy (non-hydrogen) atoms. The zero-order valence-electron chi connectivity index (χ0n) is 7.89. The Hall–Kier alpha value is -0.870. The minimum atomic E-state index is 0.0224. The van der Waals surface area contributed by atoms with Gasteiger partial charge in [0.05, 0.1) is 6.54 Å². The van der Waals surface area contributed by atoms with Gasteiger partial charge in [0, 0.05) is 18.5 Å². The molecular weight excluding hydrogens is 184 g/mol. The first-order valence-corrected chi connectivity index (χ1v) is 5.06. The quantitative estimate of drug-likeness (QED) is 0.754. The summed E-state index contributed by atoms with van der Waals surface area (Å²) in [4.78, 5) is 12.2. The van der Waals surface area contributed by atoms with Crippen molar-refractivity contribution in [2.24, 2.45) is 0 Å². The Labute approximate surface area is 82.2 Å². The number of carbonyl (C=O) groups is 1. The van der Waals surface area contributed by atoms with E-state index in [0.29, 0.717) is 6.54 Å². The number of hydrogen-bond acceptors (Lipinski definition) is 3. The molecule has 0 aliphatic carbocycles. The number of hydrogen-bond donors (Lipinski definition) is 2. The van der Waals surface area contributed by atoms with Crippen molar-refractivity contribution in [2.45, 2.75) is 13.5 Å². The molecule has 0 saturated heterocycles. The molecule has 0 atom stereocenters. The van der Waals surface area contributed by atoms with Gasteiger partial charge >= 0.3 is 0 Å². The molecular formula is C9H14N2OS. The van der Waals surface area contributed by atoms with E-state index in [0.717, 1.165) is 6.54 Å². The first kappa shape index (κ1) is 10.2. The van der Waals surface area contributed by atoms with Gasteiger partial charge in [-0.25, -0.2) is 0 Å². The molecule has 4 heteroatoms. The Bertz CT molecular complexity index is 283. The van der Waals surface area contributed by atoms with Gasteiger partial charge in [-0.3, -0.25) is 4.79 Å². The van der Waals surface area contributed by atoms with E-state index in [9.17, 15) is 4.79 Å². The van der Waals surface area contributed by atoms with Crippen LogP contribution < -0.4 is 10.6 Å². The summed E-state index contributed by atoms with van der Waals surface area (Å²) < 4.78 is 0. The molecule has 0 aliphatic heterocycles. The molecule has 1 heterocycles. The minimum Gasteiger partial charge on any atom is -0.358 e. The van der Waals surface area contributed by atoms with Crippen LogP contribution in [0, 0.1) is 6.92 Å². The lowest BCUT2D eigenvalue weighted by Crippen LogP contribution is -2.30. The van der Waals surface area contributed by atoms with Gasteiger partial charge in [0.25, 0.3) is 0 Å². The zero-order valence-corrected chi connectivity index (χ0v) is 8.70. The molecule has 2 N–H and O–H groups in total. The lowest BCUT2D eigenvalue weighted by Gasteiger charge is -2.02. The summed E-state index contributed by atoms with van der Waals surface area (Å²) in [6, 6.07) is 2.08. The molecule has 1 rings (SSSR count). The third-order valence-corrected chi connectivity index (χ3v) is 2.84. The molecule has 3 nitrogen and oxygen atoms in total. The van der Waals surface area contributed by atoms with Crippen LogP contribution in [0.25, 0.3) is 0 Å². The van der Waals surface area contributed by atoms with Crippen LogP contribution in [0.2, 0.25) is 0 Å². The minimum absolute atomic E-state index is 0.0224. The summed E-state index contributed by atoms with van der Waals surface area (Å²) in [5.41, 5.74) is 1.29. The fraction of sp³-hybridized carbons (Fsp3) is 0.444. The Morgan fingerprint density at radius 3 is 2.92 bits per heavy atom. The van der Waals surface area contributed by atoms with Crippen molar-refractivity contribution < 1.29 is 4.79 Å². The molecule has 72 valence electrons. The Balaban J connectivity index is 2.28. The maximum atomic E-state index is 10.9. The average Bonchev–Trinajstić information content (AvgIpc) is 2.52. The standard InChI is InChI=1S/C9H14N2OS/c1-7-3-4-13-8(7)5-11-6-9(12)10-2/h3-4,11H,5-6H2,1-2H3,(H,10,12). The highest BCUT2D eigenvalue weighted by Gasteiger charge is 2.00. The highest BCUT2D eigenvalue weighted by molar-refractivity contribution is 7.10. The summed E-state index contributed by atoms with van der Waals surface area (Å²) in [5, 5.41) is 7.70. The molecule has 1 aromatic rings. The second-order valence-electron chi connectivity index (χ2n) is 2.80. The Morgan fingerprint density at radius 1 is 1.62 bits per heavy atom. The predicted octanol–water partition coefficient (Wildman–Crippen LogP) is 0.892. The average molecular weight is 198 g/mol. The maximum absolute atomic E-state index is 10.9. The lowest BCUT2D eigenvalue weighted by molar-refractivity contribution is -0.119. The number of aryl methyl sites for hydroxylation is 1. The van der Waals surface area contributed by atoms with Crippen molar-refractivity contribution in [2.75, 3.05) is 13.6 Å². The number of carbonyl (C=O) groups excluding carboxylic acids is 1. The van der Waals surface area contributed by atoms with Crippen molar-refractivity contribution in [1.82, 2.24) is 10.6 Å². The lowest BCUT2D eigenvalue weighted by atomic mass is 10.3. The third kappa shape index (κ3) is 3.16. The highest BCUT2D eigenvalue weighted by atomic mass is 32.1. The number of likely N-dealkylation sites (N-methyl/N-ethyl adjacent to an activating group) is 1. The van der Waals surface area contributed by atoms with E-state index < -0.39 is 0 Å². The van der Waals surface area contributed by atoms with Crippen molar-refractivity contribution in [3.05, 3.63) is 21.9 Å². The van der Waals surface area contributed by atoms with Crippen LogP contribution in [0.5, 0.6) is 0 Å². The Kier molecular flexibility index (Phi) is 3.92. The molecule has 0 fully saturated rings. The molecule has 0 unspecified atom stereocenters. The van der Waals surface area contributed by atoms with Gasteiger partial charge in [-0.05, 0) is 23.9 Å². The van der Waals surface area contributed by atoms with Gasteiger partial charge in [0.1, 0.15) is 0 Å². The molecule has 0 saturated carbocycles. The normalized spacial score (nSPS) is 10.0. The van der Waals surface area contributed by atoms with Crippen molar-refractivity contribution in [1.29, 1.82) is 0 Å². The number of nitrogens with one attached hydrogen (secondary N) is 2. The van der Waals surface area contributed by atoms with E-state index in [1.165, 1.54) is 10.4 Å². The molecule has 1 amide bonds. The van der Waals surface area contributed by atoms with Crippen molar-refractivity contribution in [3.8, 4) is 0 Å². The largest absolute Gasteiger partial charge is 0.358 e. The van der Waals surface area contributed by atoms with Gasteiger partial charge in [0.15, 0.2) is 0 Å². The topological polar surface area (TPSA) is 41.1 Å². The molecule has 0 aromatic carbocycles. The predicted molar refractivity (Wildman–Crippen MR) is 54.8 cm³/mol. The molecule has 1 aromatic heterocycles. The van der Waals surface area contributed by atoms with Crippen LogP contribution in [0.3, 0.4) is 0 Å². The highest BCUT2D eigenvalue weighted by Crippen LogP contribution is 2.14. The number of rotatable bonds is 4. The van der Waals surface area contributed by atoms with E-state index in [1.807, 2.05) is 0 Å². The zero-order chi connectivity index (χ0) is 9.68. The van der Waals surface area contributed by atoms with Crippen LogP contribution in [0.1, 0.15) is 10.4 Å².